The van der Waals surface area contributed by atoms with Gasteiger partial charge in [-0.25, -0.2) is 0 Å². The molecule has 0 amide bonds. The maximum absolute atomic E-state index is 3.70. The minimum Gasteiger partial charge on any atom is -0.315 e. The molecule has 1 heterocycles. The lowest BCUT2D eigenvalue weighted by atomic mass is 9.94. The van der Waals surface area contributed by atoms with E-state index in [0.29, 0.717) is 0 Å². The minimum atomic E-state index is 0.901. The fourth-order valence-corrected chi connectivity index (χ4v) is 3.94. The van der Waals surface area contributed by atoms with Crippen LogP contribution in [0.4, 0.5) is 0 Å². The first-order valence-corrected chi connectivity index (χ1v) is 7.92. The predicted octanol–water partition coefficient (Wildman–Crippen LogP) is 2.52. The number of rotatable bonds is 5. The van der Waals surface area contributed by atoms with Gasteiger partial charge in [0, 0.05) is 13.1 Å². The van der Waals surface area contributed by atoms with Gasteiger partial charge in [-0.2, -0.15) is 0 Å². The van der Waals surface area contributed by atoms with Crippen LogP contribution >= 0.6 is 0 Å². The molecule has 1 N–H and O–H groups in total. The van der Waals surface area contributed by atoms with Crippen LogP contribution in [0.3, 0.4) is 0 Å². The van der Waals surface area contributed by atoms with E-state index in [9.17, 15) is 0 Å². The Morgan fingerprint density at radius 1 is 1.17 bits per heavy atom. The molecule has 0 spiro atoms. The van der Waals surface area contributed by atoms with Crippen LogP contribution in [0, 0.1) is 23.7 Å². The third kappa shape index (κ3) is 2.97. The van der Waals surface area contributed by atoms with E-state index < -0.39 is 0 Å². The number of piperidine rings is 1. The Labute approximate surface area is 112 Å². The molecule has 2 nitrogen and oxygen atoms in total. The molecule has 1 saturated heterocycles. The van der Waals surface area contributed by atoms with Crippen LogP contribution in [-0.4, -0.2) is 37.6 Å². The third-order valence-electron chi connectivity index (χ3n) is 5.30. The highest BCUT2D eigenvalue weighted by atomic mass is 15.1. The van der Waals surface area contributed by atoms with Gasteiger partial charge in [-0.1, -0.05) is 19.1 Å². The summed E-state index contributed by atoms with van der Waals surface area (Å²) in [7, 11) is 0. The zero-order valence-corrected chi connectivity index (χ0v) is 11.8. The lowest BCUT2D eigenvalue weighted by Gasteiger charge is -2.30. The lowest BCUT2D eigenvalue weighted by Crippen LogP contribution is -2.39. The Hall–Kier alpha value is -0.340. The number of hydrogen-bond donors (Lipinski definition) is 1. The number of hydrogen-bond acceptors (Lipinski definition) is 2. The molecule has 3 rings (SSSR count). The van der Waals surface area contributed by atoms with Crippen LogP contribution in [0.15, 0.2) is 12.2 Å². The van der Waals surface area contributed by atoms with Crippen molar-refractivity contribution in [3.8, 4) is 0 Å². The zero-order chi connectivity index (χ0) is 12.4. The fraction of sp³-hybridized carbons (Fsp3) is 0.875. The van der Waals surface area contributed by atoms with Crippen LogP contribution in [0.5, 0.6) is 0 Å². The highest BCUT2D eigenvalue weighted by Crippen LogP contribution is 2.42. The normalized spacial score (nSPS) is 36.6. The number of fused-ring (bicyclic) bond motifs is 2. The maximum atomic E-state index is 3.70. The van der Waals surface area contributed by atoms with Crippen molar-refractivity contribution in [2.45, 2.75) is 32.6 Å². The minimum absolute atomic E-state index is 0.901. The van der Waals surface area contributed by atoms with E-state index in [0.717, 1.165) is 23.7 Å². The summed E-state index contributed by atoms with van der Waals surface area (Å²) in [4.78, 5) is 2.63. The number of allylic oxidation sites excluding steroid dienone is 2. The van der Waals surface area contributed by atoms with E-state index >= 15 is 0 Å². The molecule has 0 radical (unpaired) electrons. The van der Waals surface area contributed by atoms with Gasteiger partial charge in [-0.15, -0.1) is 0 Å². The monoisotopic (exact) mass is 248 g/mol. The molecule has 1 saturated carbocycles. The van der Waals surface area contributed by atoms with Crippen LogP contribution < -0.4 is 5.32 Å². The highest BCUT2D eigenvalue weighted by Gasteiger charge is 2.34. The van der Waals surface area contributed by atoms with Crippen molar-refractivity contribution < 1.29 is 0 Å². The lowest BCUT2D eigenvalue weighted by molar-refractivity contribution is 0.192. The van der Waals surface area contributed by atoms with Gasteiger partial charge in [0.05, 0.1) is 0 Å². The molecular weight excluding hydrogens is 220 g/mol. The van der Waals surface area contributed by atoms with Gasteiger partial charge in [0.25, 0.3) is 0 Å². The molecule has 2 aliphatic carbocycles. The smallest absolute Gasteiger partial charge is 0.0107 e. The van der Waals surface area contributed by atoms with Gasteiger partial charge in [0.2, 0.25) is 0 Å². The molecule has 3 unspecified atom stereocenters. The van der Waals surface area contributed by atoms with Crippen molar-refractivity contribution in [1.29, 1.82) is 0 Å². The summed E-state index contributed by atoms with van der Waals surface area (Å²) in [5, 5.41) is 3.70. The molecule has 2 fully saturated rings. The average Bonchev–Trinajstić information content (AvgIpc) is 2.99. The Bertz CT molecular complexity index is 291. The van der Waals surface area contributed by atoms with E-state index in [1.807, 2.05) is 0 Å². The second-order valence-corrected chi connectivity index (χ2v) is 6.77. The Balaban J connectivity index is 1.28. The summed E-state index contributed by atoms with van der Waals surface area (Å²) in [6.07, 6.45) is 10.6. The number of nitrogens with one attached hydrogen (secondary N) is 1. The van der Waals surface area contributed by atoms with E-state index in [4.69, 9.17) is 0 Å². The molecule has 2 heteroatoms. The van der Waals surface area contributed by atoms with Gasteiger partial charge in [0.15, 0.2) is 0 Å². The highest BCUT2D eigenvalue weighted by molar-refractivity contribution is 5.10. The molecule has 0 aromatic carbocycles. The van der Waals surface area contributed by atoms with Gasteiger partial charge in [-0.05, 0) is 69.0 Å². The topological polar surface area (TPSA) is 15.3 Å². The Morgan fingerprint density at radius 2 is 2.00 bits per heavy atom. The molecule has 102 valence electrons. The molecule has 3 aliphatic rings. The molecule has 0 aromatic heterocycles. The standard InChI is InChI=1S/C16H28N2/c1-13-4-7-18(8-5-13)9-6-17-12-16-11-14-2-3-15(16)10-14/h2-3,13-17H,4-12H2,1H3. The van der Waals surface area contributed by atoms with Crippen molar-refractivity contribution in [3.63, 3.8) is 0 Å². The summed E-state index contributed by atoms with van der Waals surface area (Å²) in [5.74, 6) is 3.71. The predicted molar refractivity (Wildman–Crippen MR) is 76.6 cm³/mol. The first kappa shape index (κ1) is 12.7. The van der Waals surface area contributed by atoms with E-state index in [2.05, 4.69) is 29.3 Å². The van der Waals surface area contributed by atoms with E-state index in [1.54, 1.807) is 0 Å². The summed E-state index contributed by atoms with van der Waals surface area (Å²) < 4.78 is 0. The third-order valence-corrected chi connectivity index (χ3v) is 5.30. The first-order chi connectivity index (χ1) is 8.81. The summed E-state index contributed by atoms with van der Waals surface area (Å²) >= 11 is 0. The maximum Gasteiger partial charge on any atom is 0.0107 e. The number of nitrogens with zero attached hydrogens (tertiary/aromatic N) is 1. The van der Waals surface area contributed by atoms with Gasteiger partial charge in [0.1, 0.15) is 0 Å². The van der Waals surface area contributed by atoms with Crippen molar-refractivity contribution >= 4 is 0 Å². The molecule has 1 aliphatic heterocycles. The van der Waals surface area contributed by atoms with Gasteiger partial charge >= 0.3 is 0 Å². The summed E-state index contributed by atoms with van der Waals surface area (Å²) in [6.45, 7) is 8.71. The van der Waals surface area contributed by atoms with Crippen molar-refractivity contribution in [2.24, 2.45) is 23.7 Å². The average molecular weight is 248 g/mol. The number of likely N-dealkylation sites (tertiary alicyclic amines) is 1. The van der Waals surface area contributed by atoms with Crippen LogP contribution in [0.2, 0.25) is 0 Å². The van der Waals surface area contributed by atoms with Crippen molar-refractivity contribution in [2.75, 3.05) is 32.7 Å². The Kier molecular flexibility index (Phi) is 4.05. The Morgan fingerprint density at radius 3 is 2.67 bits per heavy atom. The van der Waals surface area contributed by atoms with Crippen molar-refractivity contribution in [3.05, 3.63) is 12.2 Å². The van der Waals surface area contributed by atoms with Crippen LogP contribution in [0.25, 0.3) is 0 Å². The summed E-state index contributed by atoms with van der Waals surface area (Å²) in [6, 6.07) is 0. The molecule has 3 atom stereocenters. The molecule has 18 heavy (non-hydrogen) atoms. The second kappa shape index (κ2) is 5.75. The molecule has 0 aromatic rings. The van der Waals surface area contributed by atoms with Gasteiger partial charge in [-0.3, -0.25) is 0 Å². The largest absolute Gasteiger partial charge is 0.315 e. The fourth-order valence-electron chi connectivity index (χ4n) is 3.94. The van der Waals surface area contributed by atoms with Crippen LogP contribution in [0.1, 0.15) is 32.6 Å². The SMILES string of the molecule is CC1CCN(CCNCC2CC3C=CC2C3)CC1. The van der Waals surface area contributed by atoms with Crippen LogP contribution in [-0.2, 0) is 0 Å². The second-order valence-electron chi connectivity index (χ2n) is 6.77. The molecule has 2 bridgehead atoms. The quantitative estimate of drug-likeness (QED) is 0.594. The molecular formula is C16H28N2. The van der Waals surface area contributed by atoms with Crippen molar-refractivity contribution in [1.82, 2.24) is 10.2 Å². The first-order valence-electron chi connectivity index (χ1n) is 7.92. The zero-order valence-electron chi connectivity index (χ0n) is 11.8. The van der Waals surface area contributed by atoms with E-state index in [1.165, 1.54) is 58.4 Å². The van der Waals surface area contributed by atoms with Gasteiger partial charge < -0.3 is 10.2 Å². The summed E-state index contributed by atoms with van der Waals surface area (Å²) in [5.41, 5.74) is 0. The van der Waals surface area contributed by atoms with E-state index in [-0.39, 0.29) is 0 Å².